The highest BCUT2D eigenvalue weighted by molar-refractivity contribution is 7.15. The average molecular weight is 431 g/mol. The number of hydrogen-bond acceptors (Lipinski definition) is 7. The number of ether oxygens (including phenoxy) is 1. The Bertz CT molecular complexity index is 862. The van der Waals surface area contributed by atoms with Crippen molar-refractivity contribution in [2.75, 3.05) is 43.0 Å². The maximum Gasteiger partial charge on any atom is 0.318 e. The number of hydrogen-bond donors (Lipinski definition) is 2. The van der Waals surface area contributed by atoms with Crippen LogP contribution in [0.2, 0.25) is 0 Å². The molecule has 2 atom stereocenters. The lowest BCUT2D eigenvalue weighted by Gasteiger charge is -2.36. The zero-order chi connectivity index (χ0) is 20.9. The Hall–Kier alpha value is -2.72. The molecule has 1 aromatic heterocycles. The van der Waals surface area contributed by atoms with Gasteiger partial charge in [-0.15, -0.1) is 10.2 Å². The van der Waals surface area contributed by atoms with Crippen molar-refractivity contribution in [3.05, 3.63) is 35.3 Å². The molecule has 10 heteroatoms. The molecule has 2 aliphatic heterocycles. The highest BCUT2D eigenvalue weighted by Crippen LogP contribution is 2.31. The van der Waals surface area contributed by atoms with Gasteiger partial charge in [-0.05, 0) is 31.9 Å². The van der Waals surface area contributed by atoms with E-state index in [1.807, 2.05) is 18.2 Å². The number of carbonyl (C=O) groups excluding carboxylic acids is 2. The van der Waals surface area contributed by atoms with Crippen LogP contribution in [0.4, 0.5) is 15.6 Å². The number of nitrogens with zero attached hydrogens (tertiary/aromatic N) is 4. The average Bonchev–Trinajstić information content (AvgIpc) is 3.46. The molecule has 0 saturated carbocycles. The van der Waals surface area contributed by atoms with E-state index in [1.54, 1.807) is 11.8 Å². The lowest BCUT2D eigenvalue weighted by molar-refractivity contribution is -0.117. The molecule has 1 unspecified atom stereocenters. The summed E-state index contributed by atoms with van der Waals surface area (Å²) in [6.45, 7) is 5.13. The molecule has 3 heterocycles. The minimum absolute atomic E-state index is 0.0279. The maximum atomic E-state index is 12.6. The van der Waals surface area contributed by atoms with Gasteiger partial charge < -0.3 is 19.9 Å². The van der Waals surface area contributed by atoms with E-state index in [0.29, 0.717) is 18.2 Å². The molecule has 2 saturated heterocycles. The maximum absolute atomic E-state index is 12.6. The lowest BCUT2D eigenvalue weighted by atomic mass is 10.2. The van der Waals surface area contributed by atoms with Crippen molar-refractivity contribution < 1.29 is 14.3 Å². The Morgan fingerprint density at radius 3 is 2.63 bits per heavy atom. The van der Waals surface area contributed by atoms with Crippen LogP contribution < -0.4 is 15.5 Å². The summed E-state index contributed by atoms with van der Waals surface area (Å²) in [5.41, 5.74) is 1.16. The van der Waals surface area contributed by atoms with Crippen molar-refractivity contribution in [1.29, 1.82) is 0 Å². The van der Waals surface area contributed by atoms with Crippen LogP contribution in [0.5, 0.6) is 0 Å². The second-order valence-corrected chi connectivity index (χ2v) is 8.43. The molecule has 0 spiro atoms. The Labute approximate surface area is 179 Å². The van der Waals surface area contributed by atoms with Gasteiger partial charge in [0.2, 0.25) is 11.0 Å². The molecule has 9 nitrogen and oxygen atoms in total. The fourth-order valence-electron chi connectivity index (χ4n) is 3.55. The fraction of sp³-hybridized carbons (Fsp3) is 0.500. The number of piperazine rings is 1. The largest absolute Gasteiger partial charge is 0.371 e. The van der Waals surface area contributed by atoms with Gasteiger partial charge in [0.05, 0.1) is 0 Å². The molecular formula is C20H26N6O3S. The molecule has 2 fully saturated rings. The van der Waals surface area contributed by atoms with Crippen molar-refractivity contribution in [3.63, 3.8) is 0 Å². The third-order valence-corrected chi connectivity index (χ3v) is 6.23. The Kier molecular flexibility index (Phi) is 6.44. The normalized spacial score (nSPS) is 20.1. The van der Waals surface area contributed by atoms with Gasteiger partial charge >= 0.3 is 6.03 Å². The van der Waals surface area contributed by atoms with E-state index in [-0.39, 0.29) is 18.0 Å². The number of benzene rings is 1. The highest BCUT2D eigenvalue weighted by atomic mass is 32.1. The molecule has 30 heavy (non-hydrogen) atoms. The molecular weight excluding hydrogens is 404 g/mol. The van der Waals surface area contributed by atoms with Gasteiger partial charge in [-0.25, -0.2) is 4.79 Å². The van der Waals surface area contributed by atoms with Crippen LogP contribution in [-0.2, 0) is 9.53 Å². The third kappa shape index (κ3) is 4.88. The number of rotatable bonds is 5. The summed E-state index contributed by atoms with van der Waals surface area (Å²) in [5.74, 6) is -0.318. The zero-order valence-electron chi connectivity index (χ0n) is 16.9. The van der Waals surface area contributed by atoms with Crippen LogP contribution in [-0.4, -0.2) is 65.9 Å². The first kappa shape index (κ1) is 20.5. The molecule has 2 aliphatic rings. The van der Waals surface area contributed by atoms with Crippen molar-refractivity contribution in [1.82, 2.24) is 20.4 Å². The molecule has 2 N–H and O–H groups in total. The minimum atomic E-state index is -0.681. The summed E-state index contributed by atoms with van der Waals surface area (Å²) in [6.07, 6.45) is 1.90. The summed E-state index contributed by atoms with van der Waals surface area (Å²) >= 11 is 1.31. The molecule has 0 bridgehead atoms. The molecule has 0 radical (unpaired) electrons. The van der Waals surface area contributed by atoms with Crippen molar-refractivity contribution >= 4 is 34.1 Å². The van der Waals surface area contributed by atoms with Gasteiger partial charge in [0.1, 0.15) is 17.2 Å². The Morgan fingerprint density at radius 2 is 1.93 bits per heavy atom. The van der Waals surface area contributed by atoms with E-state index in [9.17, 15) is 9.59 Å². The number of nitrogens with one attached hydrogen (secondary N) is 2. The Morgan fingerprint density at radius 1 is 1.17 bits per heavy atom. The number of urea groups is 1. The molecule has 3 amide bonds. The van der Waals surface area contributed by atoms with E-state index < -0.39 is 6.04 Å². The van der Waals surface area contributed by atoms with Crippen molar-refractivity contribution in [2.45, 2.75) is 31.9 Å². The molecule has 0 aliphatic carbocycles. The van der Waals surface area contributed by atoms with E-state index in [4.69, 9.17) is 4.74 Å². The summed E-state index contributed by atoms with van der Waals surface area (Å²) in [7, 11) is 0. The SMILES string of the molecule is C[C@H](NC(=O)N1CCN(c2ccccc2)CC1)C(=O)Nc1nnc(C2CCCO2)s1. The lowest BCUT2D eigenvalue weighted by Crippen LogP contribution is -2.54. The summed E-state index contributed by atoms with van der Waals surface area (Å²) < 4.78 is 5.59. The fourth-order valence-corrected chi connectivity index (χ4v) is 4.38. The predicted octanol–water partition coefficient (Wildman–Crippen LogP) is 2.25. The number of amides is 3. The van der Waals surface area contributed by atoms with Crippen molar-refractivity contribution in [3.8, 4) is 0 Å². The molecule has 4 rings (SSSR count). The van der Waals surface area contributed by atoms with Crippen LogP contribution in [0.3, 0.4) is 0 Å². The summed E-state index contributed by atoms with van der Waals surface area (Å²) in [6, 6.07) is 9.24. The predicted molar refractivity (Wildman–Crippen MR) is 115 cm³/mol. The first-order valence-electron chi connectivity index (χ1n) is 10.2. The quantitative estimate of drug-likeness (QED) is 0.755. The monoisotopic (exact) mass is 430 g/mol. The van der Waals surface area contributed by atoms with E-state index in [0.717, 1.165) is 43.2 Å². The number of carbonyl (C=O) groups is 2. The first-order valence-corrected chi connectivity index (χ1v) is 11.0. The number of anilines is 2. The zero-order valence-corrected chi connectivity index (χ0v) is 17.7. The molecule has 160 valence electrons. The van der Waals surface area contributed by atoms with Gasteiger partial charge in [0.15, 0.2) is 0 Å². The van der Waals surface area contributed by atoms with Gasteiger partial charge in [-0.1, -0.05) is 29.5 Å². The summed E-state index contributed by atoms with van der Waals surface area (Å²) in [5, 5.41) is 14.8. The van der Waals surface area contributed by atoms with Crippen molar-refractivity contribution in [2.24, 2.45) is 0 Å². The van der Waals surface area contributed by atoms with Crippen LogP contribution in [0, 0.1) is 0 Å². The number of para-hydroxylation sites is 1. The van der Waals surface area contributed by atoms with Gasteiger partial charge in [0, 0.05) is 38.5 Å². The third-order valence-electron chi connectivity index (χ3n) is 5.30. The molecule has 1 aromatic carbocycles. The first-order chi connectivity index (χ1) is 14.6. The topological polar surface area (TPSA) is 99.7 Å². The van der Waals surface area contributed by atoms with Gasteiger partial charge in [-0.2, -0.15) is 0 Å². The van der Waals surface area contributed by atoms with Crippen LogP contribution in [0.1, 0.15) is 30.9 Å². The summed E-state index contributed by atoms with van der Waals surface area (Å²) in [4.78, 5) is 29.0. The van der Waals surface area contributed by atoms with Crippen LogP contribution >= 0.6 is 11.3 Å². The highest BCUT2D eigenvalue weighted by Gasteiger charge is 2.26. The minimum Gasteiger partial charge on any atom is -0.371 e. The van der Waals surface area contributed by atoms with E-state index in [1.165, 1.54) is 11.3 Å². The van der Waals surface area contributed by atoms with Gasteiger partial charge in [0.25, 0.3) is 0 Å². The molecule has 2 aromatic rings. The van der Waals surface area contributed by atoms with Crippen LogP contribution in [0.15, 0.2) is 30.3 Å². The second-order valence-electron chi connectivity index (χ2n) is 7.42. The Balaban J connectivity index is 1.24. The van der Waals surface area contributed by atoms with Crippen LogP contribution in [0.25, 0.3) is 0 Å². The standard InChI is InChI=1S/C20H26N6O3S/c1-14(17(27)22-19-24-23-18(30-19)16-8-5-13-29-16)21-20(28)26-11-9-25(10-12-26)15-6-3-2-4-7-15/h2-4,6-7,14,16H,5,8-13H2,1H3,(H,21,28)(H,22,24,27)/t14-,16?/m0/s1. The van der Waals surface area contributed by atoms with Gasteiger partial charge in [-0.3, -0.25) is 10.1 Å². The van der Waals surface area contributed by atoms with E-state index in [2.05, 4.69) is 37.9 Å². The second kappa shape index (κ2) is 9.40. The smallest absolute Gasteiger partial charge is 0.318 e. The number of aromatic nitrogens is 2. The van der Waals surface area contributed by atoms with E-state index >= 15 is 0 Å².